The summed E-state index contributed by atoms with van der Waals surface area (Å²) in [5, 5.41) is 24.9. The molecule has 5 rings (SSSR count). The number of aliphatic hydroxyl groups is 2. The van der Waals surface area contributed by atoms with Gasteiger partial charge in [-0.25, -0.2) is 9.55 Å². The lowest BCUT2D eigenvalue weighted by molar-refractivity contribution is -0.130. The van der Waals surface area contributed by atoms with E-state index in [1.807, 2.05) is 0 Å². The molecule has 2 fully saturated rings. The molecule has 3 aromatic rings. The lowest BCUT2D eigenvalue weighted by Crippen LogP contribution is -2.41. The first-order valence-electron chi connectivity index (χ1n) is 12.6. The summed E-state index contributed by atoms with van der Waals surface area (Å²) >= 11 is 6.19. The van der Waals surface area contributed by atoms with Crippen LogP contribution in [-0.4, -0.2) is 89.5 Å². The van der Waals surface area contributed by atoms with Crippen molar-refractivity contribution < 1.29 is 33.7 Å². The number of nitrogens with zero attached hydrogens (tertiary/aromatic N) is 5. The summed E-state index contributed by atoms with van der Waals surface area (Å²) in [6.45, 7) is -0.157. The Kier molecular flexibility index (Phi) is 8.08. The summed E-state index contributed by atoms with van der Waals surface area (Å²) < 4.78 is 25.0. The van der Waals surface area contributed by atoms with E-state index in [9.17, 15) is 24.5 Å². The van der Waals surface area contributed by atoms with E-state index in [4.69, 9.17) is 20.9 Å². The third-order valence-electron chi connectivity index (χ3n) is 6.91. The van der Waals surface area contributed by atoms with Crippen LogP contribution in [0.25, 0.3) is 11.2 Å². The van der Waals surface area contributed by atoms with Crippen molar-refractivity contribution >= 4 is 42.1 Å². The van der Waals surface area contributed by atoms with Crippen LogP contribution >= 0.6 is 19.2 Å². The Balaban J connectivity index is 1.27. The summed E-state index contributed by atoms with van der Waals surface area (Å²) in [7, 11) is -2.88. The zero-order valence-corrected chi connectivity index (χ0v) is 22.8. The highest BCUT2D eigenvalue weighted by Crippen LogP contribution is 2.42. The molecule has 0 bridgehead atoms. The standard InChI is InChI=1S/C24H30ClN6O7P/c1-30(17(32)12-39(35,36)38-15-9-3-2-4-10-15)11-16-19(33)20(34)23(37-16)31-13-26-18-21(27-14-7-5-6-8-14)28-24(25)29-22(18)31/h2-4,9-10,13-14,16,19-20,23,33-34H,5-8,11-12H2,1H3,(H,35,36)(H,27,28,29)/t16-,19-,20-,23-/m1/s1. The van der Waals surface area contributed by atoms with Crippen molar-refractivity contribution in [1.82, 2.24) is 24.4 Å². The number of para-hydroxylation sites is 1. The smallest absolute Gasteiger partial charge is 0.386 e. The van der Waals surface area contributed by atoms with E-state index in [0.717, 1.165) is 30.6 Å². The minimum absolute atomic E-state index is 0.00850. The van der Waals surface area contributed by atoms with Crippen LogP contribution in [0.2, 0.25) is 5.28 Å². The maximum atomic E-state index is 12.7. The number of imidazole rings is 1. The van der Waals surface area contributed by atoms with Crippen molar-refractivity contribution in [2.45, 2.75) is 56.3 Å². The zero-order valence-electron chi connectivity index (χ0n) is 21.1. The number of amides is 1. The number of aromatic nitrogens is 4. The average Bonchev–Trinajstić information content (AvgIpc) is 3.61. The molecule has 5 atom stereocenters. The Labute approximate surface area is 229 Å². The molecule has 1 saturated carbocycles. The third kappa shape index (κ3) is 6.19. The quantitative estimate of drug-likeness (QED) is 0.216. The maximum absolute atomic E-state index is 12.7. The first kappa shape index (κ1) is 27.8. The molecule has 1 saturated heterocycles. The molecule has 15 heteroatoms. The van der Waals surface area contributed by atoms with E-state index in [1.54, 1.807) is 18.2 Å². The second kappa shape index (κ2) is 11.4. The van der Waals surface area contributed by atoms with Crippen LogP contribution in [0.1, 0.15) is 31.9 Å². The fraction of sp³-hybridized carbons (Fsp3) is 0.500. The lowest BCUT2D eigenvalue weighted by atomic mass is 10.1. The van der Waals surface area contributed by atoms with Gasteiger partial charge in [0, 0.05) is 19.6 Å². The highest BCUT2D eigenvalue weighted by molar-refractivity contribution is 7.54. The van der Waals surface area contributed by atoms with Crippen LogP contribution in [0.15, 0.2) is 36.7 Å². The van der Waals surface area contributed by atoms with Gasteiger partial charge >= 0.3 is 7.60 Å². The molecular weight excluding hydrogens is 551 g/mol. The number of rotatable bonds is 9. The van der Waals surface area contributed by atoms with E-state index in [0.29, 0.717) is 17.0 Å². The van der Waals surface area contributed by atoms with Crippen LogP contribution in [0.4, 0.5) is 5.82 Å². The van der Waals surface area contributed by atoms with Gasteiger partial charge in [-0.3, -0.25) is 9.36 Å². The van der Waals surface area contributed by atoms with Gasteiger partial charge in [0.25, 0.3) is 0 Å². The summed E-state index contributed by atoms with van der Waals surface area (Å²) in [6.07, 6.45) is 0.120. The summed E-state index contributed by atoms with van der Waals surface area (Å²) in [6, 6.07) is 8.27. The maximum Gasteiger partial charge on any atom is 0.386 e. The molecule has 1 aliphatic carbocycles. The first-order valence-corrected chi connectivity index (χ1v) is 14.7. The number of halogens is 1. The normalized spacial score (nSPS) is 25.1. The fourth-order valence-electron chi connectivity index (χ4n) is 4.89. The molecule has 1 amide bonds. The van der Waals surface area contributed by atoms with Crippen LogP contribution in [-0.2, 0) is 14.1 Å². The number of hydrogen-bond donors (Lipinski definition) is 4. The minimum Gasteiger partial charge on any atom is -0.424 e. The molecular formula is C24H30ClN6O7P. The molecule has 210 valence electrons. The molecule has 39 heavy (non-hydrogen) atoms. The molecule has 2 aromatic heterocycles. The van der Waals surface area contributed by atoms with Crippen LogP contribution < -0.4 is 9.84 Å². The van der Waals surface area contributed by atoms with Crippen molar-refractivity contribution in [3.63, 3.8) is 0 Å². The Hall–Kier alpha value is -2.80. The van der Waals surface area contributed by atoms with Crippen molar-refractivity contribution in [3.05, 3.63) is 41.9 Å². The van der Waals surface area contributed by atoms with Gasteiger partial charge in [0.1, 0.15) is 30.2 Å². The second-order valence-electron chi connectivity index (χ2n) is 9.81. The number of hydrogen-bond acceptors (Lipinski definition) is 10. The highest BCUT2D eigenvalue weighted by Gasteiger charge is 2.45. The molecule has 3 heterocycles. The Morgan fingerprint density at radius 3 is 2.67 bits per heavy atom. The van der Waals surface area contributed by atoms with E-state index >= 15 is 0 Å². The highest BCUT2D eigenvalue weighted by atomic mass is 35.5. The number of nitrogens with one attached hydrogen (secondary N) is 1. The van der Waals surface area contributed by atoms with Gasteiger partial charge in [0.2, 0.25) is 11.2 Å². The van der Waals surface area contributed by atoms with Crippen molar-refractivity contribution in [3.8, 4) is 5.75 Å². The third-order valence-corrected chi connectivity index (χ3v) is 8.24. The van der Waals surface area contributed by atoms with E-state index in [2.05, 4.69) is 20.3 Å². The summed E-state index contributed by atoms with van der Waals surface area (Å²) in [5.41, 5.74) is 0.764. The lowest BCUT2D eigenvalue weighted by Gasteiger charge is -2.24. The minimum atomic E-state index is -4.29. The number of fused-ring (bicyclic) bond motifs is 1. The van der Waals surface area contributed by atoms with Gasteiger partial charge < -0.3 is 34.6 Å². The topological polar surface area (TPSA) is 172 Å². The summed E-state index contributed by atoms with van der Waals surface area (Å²) in [4.78, 5) is 37.0. The number of ether oxygens (including phenoxy) is 1. The molecule has 1 unspecified atom stereocenters. The Morgan fingerprint density at radius 2 is 1.95 bits per heavy atom. The van der Waals surface area contributed by atoms with Crippen molar-refractivity contribution in [1.29, 1.82) is 0 Å². The average molecular weight is 581 g/mol. The number of benzene rings is 1. The number of carbonyl (C=O) groups excluding carboxylic acids is 1. The van der Waals surface area contributed by atoms with Gasteiger partial charge in [0.05, 0.1) is 6.33 Å². The van der Waals surface area contributed by atoms with Gasteiger partial charge in [-0.2, -0.15) is 9.97 Å². The van der Waals surface area contributed by atoms with Crippen LogP contribution in [0, 0.1) is 0 Å². The monoisotopic (exact) mass is 580 g/mol. The number of carbonyl (C=O) groups is 1. The fourth-order valence-corrected chi connectivity index (χ4v) is 6.16. The predicted octanol–water partition coefficient (Wildman–Crippen LogP) is 2.18. The number of anilines is 1. The van der Waals surface area contributed by atoms with Crippen molar-refractivity contribution in [2.75, 3.05) is 25.1 Å². The summed E-state index contributed by atoms with van der Waals surface area (Å²) in [5.74, 6) is -0.0465. The van der Waals surface area contributed by atoms with Crippen molar-refractivity contribution in [2.24, 2.45) is 0 Å². The van der Waals surface area contributed by atoms with Gasteiger partial charge in [0.15, 0.2) is 23.2 Å². The largest absolute Gasteiger partial charge is 0.424 e. The Bertz CT molecular complexity index is 1370. The first-order chi connectivity index (χ1) is 18.6. The molecule has 1 aliphatic heterocycles. The second-order valence-corrected chi connectivity index (χ2v) is 11.9. The Morgan fingerprint density at radius 1 is 1.23 bits per heavy atom. The predicted molar refractivity (Wildman–Crippen MR) is 142 cm³/mol. The van der Waals surface area contributed by atoms with E-state index < -0.39 is 44.2 Å². The molecule has 13 nitrogen and oxygen atoms in total. The molecule has 4 N–H and O–H groups in total. The van der Waals surface area contributed by atoms with E-state index in [1.165, 1.54) is 30.1 Å². The van der Waals surface area contributed by atoms with Gasteiger partial charge in [-0.15, -0.1) is 0 Å². The number of aliphatic hydroxyl groups excluding tert-OH is 2. The van der Waals surface area contributed by atoms with Gasteiger partial charge in [-0.05, 0) is 36.6 Å². The van der Waals surface area contributed by atoms with E-state index in [-0.39, 0.29) is 23.6 Å². The molecule has 2 aliphatic rings. The zero-order chi connectivity index (χ0) is 27.7. The van der Waals surface area contributed by atoms with Crippen LogP contribution in [0.5, 0.6) is 5.75 Å². The van der Waals surface area contributed by atoms with Crippen LogP contribution in [0.3, 0.4) is 0 Å². The molecule has 1 aromatic carbocycles. The number of likely N-dealkylation sites (N-methyl/N-ethyl adjacent to an activating group) is 1. The molecule has 0 spiro atoms. The van der Waals surface area contributed by atoms with Gasteiger partial charge in [-0.1, -0.05) is 31.0 Å². The SMILES string of the molecule is CN(C[C@H]1O[C@@H](n2cnc3c(NC4CCCC4)nc(Cl)nc32)[C@H](O)[C@@H]1O)C(=O)CP(=O)(O)Oc1ccccc1. The molecule has 0 radical (unpaired) electrons.